The number of likely N-dealkylation sites (N-methyl/N-ethyl adjacent to an activating group) is 1. The second-order valence-corrected chi connectivity index (χ2v) is 8.79. The summed E-state index contributed by atoms with van der Waals surface area (Å²) in [4.78, 5) is 31.0. The molecule has 0 aliphatic carbocycles. The van der Waals surface area contributed by atoms with Crippen LogP contribution in [0.25, 0.3) is 0 Å². The highest BCUT2D eigenvalue weighted by Gasteiger charge is 2.32. The number of halogens is 2. The lowest BCUT2D eigenvalue weighted by atomic mass is 10.0. The van der Waals surface area contributed by atoms with E-state index in [0.717, 1.165) is 18.4 Å². The topological polar surface area (TPSA) is 99.8 Å². The maximum Gasteiger partial charge on any atom is 0.234 e. The Morgan fingerprint density at radius 3 is 2.64 bits per heavy atom. The van der Waals surface area contributed by atoms with Crippen molar-refractivity contribution >= 4 is 29.1 Å². The number of carbonyl (C=O) groups is 2. The van der Waals surface area contributed by atoms with Gasteiger partial charge in [-0.3, -0.25) is 14.6 Å². The fraction of sp³-hybridized carbons (Fsp3) is 0.478. The summed E-state index contributed by atoms with van der Waals surface area (Å²) in [5.41, 5.74) is 0.635. The van der Waals surface area contributed by atoms with Gasteiger partial charge in [0.05, 0.1) is 12.6 Å². The molecule has 2 heterocycles. The molecule has 0 saturated carbocycles. The lowest BCUT2D eigenvalue weighted by Crippen LogP contribution is -2.48. The molecular formula is C23H29ClFN5O3. The van der Waals surface area contributed by atoms with Crippen molar-refractivity contribution in [1.29, 1.82) is 0 Å². The minimum absolute atomic E-state index is 0.0476. The van der Waals surface area contributed by atoms with Crippen LogP contribution < -0.4 is 10.6 Å². The molecule has 0 fully saturated rings. The first-order valence-corrected chi connectivity index (χ1v) is 11.4. The van der Waals surface area contributed by atoms with E-state index >= 15 is 0 Å². The van der Waals surface area contributed by atoms with Crippen molar-refractivity contribution in [3.8, 4) is 0 Å². The van der Waals surface area contributed by atoms with Crippen LogP contribution in [0, 0.1) is 5.82 Å². The Labute approximate surface area is 197 Å². The number of unbranched alkanes of at least 4 members (excludes halogenated alkanes) is 2. The van der Waals surface area contributed by atoms with Gasteiger partial charge in [-0.05, 0) is 44.6 Å². The summed E-state index contributed by atoms with van der Waals surface area (Å²) >= 11 is 6.49. The van der Waals surface area contributed by atoms with E-state index in [1.807, 2.05) is 14.1 Å². The van der Waals surface area contributed by atoms with Crippen LogP contribution in [0.2, 0.25) is 0 Å². The molecule has 0 saturated heterocycles. The molecule has 3 rings (SSSR count). The zero-order chi connectivity index (χ0) is 23.8. The lowest BCUT2D eigenvalue weighted by Gasteiger charge is -2.21. The summed E-state index contributed by atoms with van der Waals surface area (Å²) in [6.45, 7) is 0.252. The monoisotopic (exact) mass is 477 g/mol. The molecule has 0 spiro atoms. The van der Waals surface area contributed by atoms with Gasteiger partial charge in [-0.1, -0.05) is 41.7 Å². The van der Waals surface area contributed by atoms with E-state index in [9.17, 15) is 14.0 Å². The van der Waals surface area contributed by atoms with Crippen molar-refractivity contribution in [2.45, 2.75) is 49.7 Å². The minimum atomic E-state index is -0.501. The molecule has 178 valence electrons. The third-order valence-electron chi connectivity index (χ3n) is 5.30. The number of aromatic nitrogens is 1. The number of ketones is 1. The second-order valence-electron chi connectivity index (χ2n) is 8.32. The Hall–Kier alpha value is -2.78. The van der Waals surface area contributed by atoms with Gasteiger partial charge in [0, 0.05) is 12.5 Å². The molecule has 10 heteroatoms. The van der Waals surface area contributed by atoms with Gasteiger partial charge in [0.2, 0.25) is 5.91 Å². The highest BCUT2D eigenvalue weighted by Crippen LogP contribution is 2.29. The van der Waals surface area contributed by atoms with Crippen molar-refractivity contribution < 1.29 is 18.5 Å². The molecule has 2 N–H and O–H groups in total. The van der Waals surface area contributed by atoms with Gasteiger partial charge in [-0.15, -0.1) is 0 Å². The zero-order valence-electron chi connectivity index (χ0n) is 18.8. The number of amides is 1. The van der Waals surface area contributed by atoms with Crippen LogP contribution in [0.3, 0.4) is 0 Å². The van der Waals surface area contributed by atoms with Crippen LogP contribution in [0.5, 0.6) is 0 Å². The second kappa shape index (κ2) is 11.9. The number of carbonyl (C=O) groups excluding carboxylic acids is 2. The summed E-state index contributed by atoms with van der Waals surface area (Å²) in [5.74, 6) is 0.117. The molecule has 1 aliphatic rings. The molecule has 3 atom stereocenters. The van der Waals surface area contributed by atoms with E-state index in [-0.39, 0.29) is 36.1 Å². The fourth-order valence-electron chi connectivity index (χ4n) is 3.67. The summed E-state index contributed by atoms with van der Waals surface area (Å²) in [5, 5.41) is 9.87. The number of hydrogen-bond donors (Lipinski definition) is 2. The molecule has 0 radical (unpaired) electrons. The summed E-state index contributed by atoms with van der Waals surface area (Å²) < 4.78 is 18.0. The smallest absolute Gasteiger partial charge is 0.234 e. The normalized spacial score (nSPS) is 18.6. The van der Waals surface area contributed by atoms with Gasteiger partial charge < -0.3 is 20.1 Å². The van der Waals surface area contributed by atoms with Crippen molar-refractivity contribution in [1.82, 2.24) is 20.7 Å². The molecule has 1 aromatic carbocycles. The molecule has 2 unspecified atom stereocenters. The summed E-state index contributed by atoms with van der Waals surface area (Å²) in [6, 6.07) is 6.92. The number of Topliss-reactive ketones (excluding diaryl/α,β-unsaturated/α-hetero) is 1. The van der Waals surface area contributed by atoms with E-state index in [2.05, 4.69) is 15.8 Å². The quantitative estimate of drug-likeness (QED) is 0.210. The maximum absolute atomic E-state index is 13.3. The third-order valence-corrected chi connectivity index (χ3v) is 5.65. The van der Waals surface area contributed by atoms with E-state index < -0.39 is 5.50 Å². The summed E-state index contributed by atoms with van der Waals surface area (Å²) in [7, 11) is 3.65. The first kappa shape index (κ1) is 24.9. The highest BCUT2D eigenvalue weighted by atomic mass is 35.5. The molecule has 1 aromatic heterocycles. The summed E-state index contributed by atoms with van der Waals surface area (Å²) in [6.07, 6.45) is 4.71. The molecule has 8 nitrogen and oxygen atoms in total. The van der Waals surface area contributed by atoms with Crippen LogP contribution in [0.4, 0.5) is 4.39 Å². The Morgan fingerprint density at radius 1 is 1.21 bits per heavy atom. The van der Waals surface area contributed by atoms with Gasteiger partial charge in [0.25, 0.3) is 0 Å². The standard InChI is InChI=1S/C23H29ClFN5O3/c1-30(2)14-20(32)26-18(6-4-3-5-7-19(31)17-12-13-33-29-17)23-27-21(22(24)28-23)15-8-10-16(25)11-9-15/h8-13,18,21-22H,3-7,14H2,1-2H3,(H,26,32)(H,27,28)/t18-,21?,22?/m0/s1. The number of aliphatic imine (C=N–C) groups is 1. The lowest BCUT2D eigenvalue weighted by molar-refractivity contribution is -0.122. The Morgan fingerprint density at radius 2 is 1.97 bits per heavy atom. The Balaban J connectivity index is 1.59. The molecular weight excluding hydrogens is 449 g/mol. The highest BCUT2D eigenvalue weighted by molar-refractivity contribution is 6.23. The number of alkyl halides is 1. The number of rotatable bonds is 12. The van der Waals surface area contributed by atoms with Crippen molar-refractivity contribution in [2.24, 2.45) is 4.99 Å². The predicted octanol–water partition coefficient (Wildman–Crippen LogP) is 3.30. The molecule has 1 amide bonds. The average Bonchev–Trinajstić information content (AvgIpc) is 3.43. The number of benzene rings is 1. The maximum atomic E-state index is 13.3. The van der Waals surface area contributed by atoms with E-state index in [0.29, 0.717) is 30.8 Å². The van der Waals surface area contributed by atoms with Crippen molar-refractivity contribution in [3.63, 3.8) is 0 Å². The van der Waals surface area contributed by atoms with Crippen LogP contribution in [-0.4, -0.2) is 59.8 Å². The van der Waals surface area contributed by atoms with Crippen LogP contribution in [0.15, 0.2) is 46.1 Å². The van der Waals surface area contributed by atoms with Crippen LogP contribution >= 0.6 is 11.6 Å². The average molecular weight is 478 g/mol. The van der Waals surface area contributed by atoms with Gasteiger partial charge in [-0.2, -0.15) is 0 Å². The largest absolute Gasteiger partial charge is 0.364 e. The molecule has 2 aromatic rings. The Bertz CT molecular complexity index is 950. The van der Waals surface area contributed by atoms with Gasteiger partial charge >= 0.3 is 0 Å². The van der Waals surface area contributed by atoms with Crippen LogP contribution in [0.1, 0.15) is 54.2 Å². The minimum Gasteiger partial charge on any atom is -0.364 e. The fourth-order valence-corrected chi connectivity index (χ4v) is 3.98. The first-order valence-electron chi connectivity index (χ1n) is 10.9. The van der Waals surface area contributed by atoms with Gasteiger partial charge in [0.15, 0.2) is 5.78 Å². The molecule has 0 bridgehead atoms. The van der Waals surface area contributed by atoms with Crippen molar-refractivity contribution in [3.05, 3.63) is 53.7 Å². The van der Waals surface area contributed by atoms with Gasteiger partial charge in [-0.25, -0.2) is 4.39 Å². The number of nitrogens with one attached hydrogen (secondary N) is 2. The first-order chi connectivity index (χ1) is 15.8. The SMILES string of the molecule is CN(C)CC(=O)N[C@@H](CCCCCC(=O)c1ccon1)C1=NC(c2ccc(F)cc2)C(Cl)N1. The molecule has 1 aliphatic heterocycles. The number of amidine groups is 1. The number of hydrogen-bond acceptors (Lipinski definition) is 7. The zero-order valence-corrected chi connectivity index (χ0v) is 19.5. The Kier molecular flexibility index (Phi) is 8.96. The van der Waals surface area contributed by atoms with Crippen LogP contribution in [-0.2, 0) is 4.79 Å². The van der Waals surface area contributed by atoms with E-state index in [1.165, 1.54) is 18.4 Å². The number of nitrogens with zero attached hydrogens (tertiary/aromatic N) is 3. The predicted molar refractivity (Wildman–Crippen MR) is 124 cm³/mol. The van der Waals surface area contributed by atoms with Gasteiger partial charge in [0.1, 0.15) is 35.2 Å². The van der Waals surface area contributed by atoms with E-state index in [1.54, 1.807) is 23.1 Å². The van der Waals surface area contributed by atoms with E-state index in [4.69, 9.17) is 21.1 Å². The third kappa shape index (κ3) is 7.36. The molecule has 33 heavy (non-hydrogen) atoms. The van der Waals surface area contributed by atoms with Crippen molar-refractivity contribution in [2.75, 3.05) is 20.6 Å².